The molecule has 0 N–H and O–H groups in total. The molecule has 0 radical (unpaired) electrons. The zero-order chi connectivity index (χ0) is 34.6. The van der Waals surface area contributed by atoms with Crippen LogP contribution < -0.4 is 0 Å². The van der Waals surface area contributed by atoms with Crippen molar-refractivity contribution in [2.45, 2.75) is 37.0 Å². The molecule has 2 aromatic rings. The van der Waals surface area contributed by atoms with Crippen molar-refractivity contribution >= 4 is 100 Å². The van der Waals surface area contributed by atoms with Crippen LogP contribution in [0.4, 0.5) is 5.69 Å². The van der Waals surface area contributed by atoms with E-state index in [2.05, 4.69) is 25.0 Å². The van der Waals surface area contributed by atoms with E-state index in [-0.39, 0.29) is 11.4 Å². The highest BCUT2D eigenvalue weighted by molar-refractivity contribution is 6.76. The molecule has 0 atom stereocenters. The third-order valence-electron chi connectivity index (χ3n) is 3.43. The quantitative estimate of drug-likeness (QED) is 0.227. The van der Waals surface area contributed by atoms with Crippen LogP contribution in [-0.4, -0.2) is 63.3 Å². The molecular formula is C27H23Cl4N5O8. The summed E-state index contributed by atoms with van der Waals surface area (Å²) >= 11 is 19.8. The van der Waals surface area contributed by atoms with Crippen molar-refractivity contribution in [3.8, 4) is 0 Å². The Hall–Kier alpha value is -4.49. The summed E-state index contributed by atoms with van der Waals surface area (Å²) in [5.41, 5.74) is 1.96. The van der Waals surface area contributed by atoms with Crippen LogP contribution in [0, 0.1) is 6.92 Å². The predicted octanol–water partition coefficient (Wildman–Crippen LogP) is 5.55. The van der Waals surface area contributed by atoms with E-state index in [1.165, 1.54) is 18.2 Å². The van der Waals surface area contributed by atoms with Crippen LogP contribution in [0.2, 0.25) is 0 Å². The number of alkyl halides is 4. The van der Waals surface area contributed by atoms with Crippen molar-refractivity contribution < 1.29 is 38.4 Å². The number of amides is 3. The minimum Gasteiger partial charge on any atom is -0.270 e. The highest BCUT2D eigenvalue weighted by Gasteiger charge is 2.30. The van der Waals surface area contributed by atoms with E-state index < -0.39 is 21.5 Å². The van der Waals surface area contributed by atoms with Crippen LogP contribution in [-0.2, 0) is 33.6 Å². The van der Waals surface area contributed by atoms with Crippen LogP contribution in [0.5, 0.6) is 0 Å². The Balaban J connectivity index is -0.000000484. The number of aliphatic imine (C=N–C) groups is 5. The Morgan fingerprint density at radius 3 is 1.50 bits per heavy atom. The standard InChI is InChI=1S/C8H5NO2.C8H7NO.C5H9NO.C3Cl3NO2.C3H2ClNO2/c10-6-9-8(11)7-4-2-1-3-5-7;1-7-2-4-8(5-3-7)9-6-10;1-5(2,3)6-4-7;4-3(5,6)2(9)7-1-8;4-1-3(7)5-2-6/h1-5H;2-5H,1H3;1-3H3;;1H2. The Morgan fingerprint density at radius 1 is 0.705 bits per heavy atom. The van der Waals surface area contributed by atoms with Gasteiger partial charge in [0, 0.05) is 5.56 Å². The van der Waals surface area contributed by atoms with Crippen LogP contribution in [0.25, 0.3) is 0 Å². The Kier molecular flexibility index (Phi) is 26.1. The molecule has 0 aliphatic carbocycles. The first-order valence-electron chi connectivity index (χ1n) is 11.3. The summed E-state index contributed by atoms with van der Waals surface area (Å²) in [7, 11) is 0. The zero-order valence-electron chi connectivity index (χ0n) is 23.4. The molecule has 0 unspecified atom stereocenters. The summed E-state index contributed by atoms with van der Waals surface area (Å²) in [6.45, 7) is 7.52. The monoisotopic (exact) mass is 685 g/mol. The van der Waals surface area contributed by atoms with Gasteiger partial charge in [0.05, 0.1) is 11.2 Å². The van der Waals surface area contributed by atoms with Gasteiger partial charge in [-0.15, -0.1) is 26.6 Å². The van der Waals surface area contributed by atoms with Gasteiger partial charge in [-0.25, -0.2) is 29.0 Å². The minimum absolute atomic E-state index is 0.248. The van der Waals surface area contributed by atoms with Gasteiger partial charge in [0.2, 0.25) is 30.4 Å². The minimum atomic E-state index is -2.14. The summed E-state index contributed by atoms with van der Waals surface area (Å²) in [6.07, 6.45) is 6.16. The molecule has 0 saturated carbocycles. The average molecular weight is 687 g/mol. The van der Waals surface area contributed by atoms with Gasteiger partial charge in [0.15, 0.2) is 0 Å². The first-order valence-corrected chi connectivity index (χ1v) is 13.0. The maximum Gasteiger partial charge on any atom is 0.308 e. The third kappa shape index (κ3) is 29.0. The number of hydrogen-bond donors (Lipinski definition) is 0. The molecule has 0 saturated heterocycles. The summed E-state index contributed by atoms with van der Waals surface area (Å²) in [4.78, 5) is 93.5. The van der Waals surface area contributed by atoms with Crippen LogP contribution in [0.1, 0.15) is 36.7 Å². The van der Waals surface area contributed by atoms with Crippen LogP contribution in [0.3, 0.4) is 0 Å². The van der Waals surface area contributed by atoms with E-state index in [9.17, 15) is 38.4 Å². The van der Waals surface area contributed by atoms with Crippen molar-refractivity contribution in [2.24, 2.45) is 25.0 Å². The molecule has 0 heterocycles. The maximum absolute atomic E-state index is 10.8. The number of carbonyl (C=O) groups is 3. The van der Waals surface area contributed by atoms with Crippen molar-refractivity contribution in [3.63, 3.8) is 0 Å². The van der Waals surface area contributed by atoms with E-state index in [1.54, 1.807) is 42.5 Å². The molecule has 17 heteroatoms. The van der Waals surface area contributed by atoms with Gasteiger partial charge in [0.1, 0.15) is 5.88 Å². The van der Waals surface area contributed by atoms with Crippen molar-refractivity contribution in [1.82, 2.24) is 0 Å². The Labute approximate surface area is 271 Å². The lowest BCUT2D eigenvalue weighted by Gasteiger charge is -2.05. The smallest absolute Gasteiger partial charge is 0.270 e. The summed E-state index contributed by atoms with van der Waals surface area (Å²) in [5, 5.41) is 0. The normalized spacial score (nSPS) is 8.82. The number of rotatable bonds is 3. The van der Waals surface area contributed by atoms with E-state index >= 15 is 0 Å². The first-order chi connectivity index (χ1) is 20.5. The summed E-state index contributed by atoms with van der Waals surface area (Å²) in [6, 6.07) is 15.7. The SMILES string of the molecule is CC(C)(C)N=C=O.Cc1ccc(N=C=O)cc1.O=C=NC(=O)C(Cl)(Cl)Cl.O=C=NC(=O)CCl.O=C=NC(=O)c1ccccc1. The largest absolute Gasteiger partial charge is 0.308 e. The van der Waals surface area contributed by atoms with E-state index in [0.29, 0.717) is 11.3 Å². The number of isocyanates is 5. The van der Waals surface area contributed by atoms with Crippen LogP contribution >= 0.6 is 46.4 Å². The lowest BCUT2D eigenvalue weighted by Crippen LogP contribution is -2.15. The first kappa shape index (κ1) is 44.0. The Bertz CT molecular complexity index is 1440. The molecule has 44 heavy (non-hydrogen) atoms. The number of halogens is 4. The molecule has 0 aromatic heterocycles. The van der Waals surface area contributed by atoms with Crippen molar-refractivity contribution in [3.05, 3.63) is 65.7 Å². The molecular weight excluding hydrogens is 664 g/mol. The topological polar surface area (TPSA) is 198 Å². The zero-order valence-corrected chi connectivity index (χ0v) is 26.4. The van der Waals surface area contributed by atoms with E-state index in [1.807, 2.05) is 39.8 Å². The molecule has 2 rings (SSSR count). The second-order valence-corrected chi connectivity index (χ2v) is 10.6. The number of hydrogen-bond acceptors (Lipinski definition) is 10. The number of nitrogens with zero attached hydrogens (tertiary/aromatic N) is 5. The van der Waals surface area contributed by atoms with Crippen molar-refractivity contribution in [2.75, 3.05) is 5.88 Å². The Morgan fingerprint density at radius 2 is 1.20 bits per heavy atom. The van der Waals surface area contributed by atoms with Gasteiger partial charge < -0.3 is 0 Å². The fourth-order valence-corrected chi connectivity index (χ4v) is 1.87. The molecule has 0 aliphatic rings. The molecule has 3 amide bonds. The van der Waals surface area contributed by atoms with E-state index in [0.717, 1.165) is 17.7 Å². The number of carbonyl (C=O) groups excluding carboxylic acids is 8. The van der Waals surface area contributed by atoms with Gasteiger partial charge in [-0.05, 0) is 52.0 Å². The summed E-state index contributed by atoms with van der Waals surface area (Å²) < 4.78 is -2.14. The van der Waals surface area contributed by atoms with Gasteiger partial charge in [-0.3, -0.25) is 14.4 Å². The molecule has 232 valence electrons. The maximum atomic E-state index is 10.8. The molecule has 2 aromatic carbocycles. The van der Waals surface area contributed by atoms with Gasteiger partial charge in [-0.1, -0.05) is 70.7 Å². The predicted molar refractivity (Wildman–Crippen MR) is 163 cm³/mol. The molecule has 0 aliphatic heterocycles. The highest BCUT2D eigenvalue weighted by atomic mass is 35.6. The molecule has 0 fully saturated rings. The molecule has 13 nitrogen and oxygen atoms in total. The van der Waals surface area contributed by atoms with Crippen LogP contribution in [0.15, 0.2) is 79.6 Å². The third-order valence-corrected chi connectivity index (χ3v) is 4.15. The second-order valence-electron chi connectivity index (χ2n) is 8.02. The number of aryl methyl sites for hydroxylation is 1. The highest BCUT2D eigenvalue weighted by Crippen LogP contribution is 2.26. The fourth-order valence-electron chi connectivity index (χ4n) is 1.68. The summed E-state index contributed by atoms with van der Waals surface area (Å²) in [5.74, 6) is -2.60. The number of benzene rings is 2. The fraction of sp³-hybridized carbons (Fsp3) is 0.259. The van der Waals surface area contributed by atoms with Gasteiger partial charge in [-0.2, -0.15) is 4.99 Å². The second kappa shape index (κ2) is 26.2. The van der Waals surface area contributed by atoms with Gasteiger partial charge in [0.25, 0.3) is 15.6 Å². The lowest BCUT2D eigenvalue weighted by molar-refractivity contribution is -0.117. The molecule has 0 spiro atoms. The average Bonchev–Trinajstić information content (AvgIpc) is 2.95. The van der Waals surface area contributed by atoms with Gasteiger partial charge >= 0.3 is 5.91 Å². The lowest BCUT2D eigenvalue weighted by atomic mass is 10.1. The van der Waals surface area contributed by atoms with E-state index in [4.69, 9.17) is 46.4 Å². The van der Waals surface area contributed by atoms with Crippen molar-refractivity contribution in [1.29, 1.82) is 0 Å². The molecule has 0 bridgehead atoms.